The van der Waals surface area contributed by atoms with E-state index < -0.39 is 18.0 Å². The Labute approximate surface area is 132 Å². The van der Waals surface area contributed by atoms with E-state index in [1.807, 2.05) is 0 Å². The van der Waals surface area contributed by atoms with Crippen molar-refractivity contribution >= 4 is 17.3 Å². The van der Waals surface area contributed by atoms with Crippen molar-refractivity contribution < 1.29 is 18.0 Å². The highest BCUT2D eigenvalue weighted by atomic mass is 19.4. The fourth-order valence-corrected chi connectivity index (χ4v) is 1.87. The van der Waals surface area contributed by atoms with Crippen molar-refractivity contribution in [2.24, 2.45) is 17.5 Å². The molecule has 0 radical (unpaired) electrons. The summed E-state index contributed by atoms with van der Waals surface area (Å²) in [6, 6.07) is 3.90. The van der Waals surface area contributed by atoms with Crippen LogP contribution in [-0.4, -0.2) is 23.1 Å². The van der Waals surface area contributed by atoms with Gasteiger partial charge in [0.05, 0.1) is 11.6 Å². The van der Waals surface area contributed by atoms with Crippen LogP contribution in [0.25, 0.3) is 5.70 Å². The molecule has 0 saturated heterocycles. The number of hydrazine groups is 1. The molecule has 1 unspecified atom stereocenters. The highest BCUT2D eigenvalue weighted by Gasteiger charge is 2.35. The molecule has 0 fully saturated rings. The molecular formula is C15H21F3N4O. The molecule has 1 rings (SSSR count). The van der Waals surface area contributed by atoms with Crippen molar-refractivity contribution in [3.05, 3.63) is 35.4 Å². The number of carbonyl (C=O) groups excluding carboxylic acids is 1. The van der Waals surface area contributed by atoms with Crippen LogP contribution in [0.3, 0.4) is 0 Å². The summed E-state index contributed by atoms with van der Waals surface area (Å²) in [5, 5.41) is 1.21. The minimum atomic E-state index is -4.40. The molecule has 1 atom stereocenters. The number of hydrogen-bond donors (Lipinski definition) is 3. The molecule has 23 heavy (non-hydrogen) atoms. The predicted molar refractivity (Wildman–Crippen MR) is 83.7 cm³/mol. The van der Waals surface area contributed by atoms with Gasteiger partial charge < -0.3 is 16.5 Å². The van der Waals surface area contributed by atoms with Crippen LogP contribution in [0.1, 0.15) is 36.7 Å². The Bertz CT molecular complexity index is 611. The summed E-state index contributed by atoms with van der Waals surface area (Å²) in [4.78, 5) is 11.2. The second-order valence-electron chi connectivity index (χ2n) is 5.55. The normalized spacial score (nSPS) is 14.0. The number of anilines is 1. The Morgan fingerprint density at radius 2 is 1.83 bits per heavy atom. The van der Waals surface area contributed by atoms with Gasteiger partial charge in [-0.1, -0.05) is 6.92 Å². The van der Waals surface area contributed by atoms with Gasteiger partial charge in [-0.3, -0.25) is 4.79 Å². The summed E-state index contributed by atoms with van der Waals surface area (Å²) in [6.07, 6.45) is -3.39. The van der Waals surface area contributed by atoms with Gasteiger partial charge in [-0.2, -0.15) is 13.2 Å². The summed E-state index contributed by atoms with van der Waals surface area (Å²) >= 11 is 0. The third-order valence-corrected chi connectivity index (χ3v) is 3.37. The number of nitrogens with zero attached hydrogens (tertiary/aromatic N) is 1. The van der Waals surface area contributed by atoms with Crippen LogP contribution in [0, 0.1) is 5.92 Å². The predicted octanol–water partition coefficient (Wildman–Crippen LogP) is 2.49. The molecular weight excluding hydrogens is 309 g/mol. The van der Waals surface area contributed by atoms with E-state index in [2.05, 4.69) is 0 Å². The zero-order valence-electron chi connectivity index (χ0n) is 13.2. The molecule has 0 aliphatic rings. The molecule has 6 N–H and O–H groups in total. The monoisotopic (exact) mass is 330 g/mol. The molecule has 0 saturated carbocycles. The number of benzene rings is 1. The molecule has 1 amide bonds. The first-order chi connectivity index (χ1) is 10.4. The number of primary amides is 1. The summed E-state index contributed by atoms with van der Waals surface area (Å²) in [7, 11) is 0. The maximum absolute atomic E-state index is 12.9. The van der Waals surface area contributed by atoms with Gasteiger partial charge in [-0.05, 0) is 38.1 Å². The standard InChI is InChI=1S/C15H21F3N4O/c1-8(2)22(21)13(6-9(3)15(16,17)18)11-5-4-10(14(20)23)7-12(11)19/h4-9H,19,21H2,1-3H3,(H2,20,23)/b13-6-. The van der Waals surface area contributed by atoms with Crippen LogP contribution >= 0.6 is 0 Å². The van der Waals surface area contributed by atoms with E-state index in [1.54, 1.807) is 13.8 Å². The lowest BCUT2D eigenvalue weighted by molar-refractivity contribution is -0.156. The maximum Gasteiger partial charge on any atom is 0.394 e. The number of nitrogens with two attached hydrogens (primary N) is 3. The zero-order chi connectivity index (χ0) is 17.9. The number of halogens is 3. The van der Waals surface area contributed by atoms with E-state index in [-0.39, 0.29) is 23.0 Å². The number of rotatable bonds is 5. The SMILES string of the molecule is CC(C)N(N)/C(=C\C(C)C(F)(F)F)c1ccc(C(N)=O)cc1N. The molecule has 0 bridgehead atoms. The van der Waals surface area contributed by atoms with Crippen LogP contribution in [0.5, 0.6) is 0 Å². The second-order valence-corrected chi connectivity index (χ2v) is 5.55. The molecule has 0 spiro atoms. The smallest absolute Gasteiger partial charge is 0.394 e. The van der Waals surface area contributed by atoms with Crippen LogP contribution < -0.4 is 17.3 Å². The molecule has 0 aromatic heterocycles. The quantitative estimate of drug-likeness (QED) is 0.439. The summed E-state index contributed by atoms with van der Waals surface area (Å²) in [6.45, 7) is 4.50. The van der Waals surface area contributed by atoms with Crippen LogP contribution in [0.4, 0.5) is 18.9 Å². The van der Waals surface area contributed by atoms with Crippen LogP contribution in [0.2, 0.25) is 0 Å². The number of alkyl halides is 3. The van der Waals surface area contributed by atoms with Crippen molar-refractivity contribution in [2.75, 3.05) is 5.73 Å². The summed E-state index contributed by atoms with van der Waals surface area (Å²) in [5.74, 6) is 3.52. The zero-order valence-corrected chi connectivity index (χ0v) is 13.2. The average Bonchev–Trinajstić information content (AvgIpc) is 2.42. The van der Waals surface area contributed by atoms with Crippen molar-refractivity contribution in [1.29, 1.82) is 0 Å². The van der Waals surface area contributed by atoms with E-state index >= 15 is 0 Å². The lowest BCUT2D eigenvalue weighted by Gasteiger charge is -2.28. The Morgan fingerprint density at radius 3 is 2.22 bits per heavy atom. The molecule has 0 heterocycles. The van der Waals surface area contributed by atoms with Gasteiger partial charge in [0, 0.05) is 22.9 Å². The largest absolute Gasteiger partial charge is 0.398 e. The first-order valence-electron chi connectivity index (χ1n) is 6.97. The van der Waals surface area contributed by atoms with Gasteiger partial charge in [-0.15, -0.1) is 0 Å². The second kappa shape index (κ2) is 6.91. The van der Waals surface area contributed by atoms with Gasteiger partial charge in [0.25, 0.3) is 0 Å². The Hall–Kier alpha value is -2.22. The summed E-state index contributed by atoms with van der Waals surface area (Å²) < 4.78 is 38.6. The van der Waals surface area contributed by atoms with Gasteiger partial charge in [0.2, 0.25) is 5.91 Å². The van der Waals surface area contributed by atoms with Gasteiger partial charge in [-0.25, -0.2) is 5.84 Å². The maximum atomic E-state index is 12.9. The minimum absolute atomic E-state index is 0.123. The number of allylic oxidation sites excluding steroid dienone is 1. The molecule has 1 aromatic rings. The average molecular weight is 330 g/mol. The van der Waals surface area contributed by atoms with Crippen LogP contribution in [0.15, 0.2) is 24.3 Å². The fourth-order valence-electron chi connectivity index (χ4n) is 1.87. The van der Waals surface area contributed by atoms with Crippen molar-refractivity contribution in [3.63, 3.8) is 0 Å². The molecule has 8 heteroatoms. The first kappa shape index (κ1) is 18.8. The van der Waals surface area contributed by atoms with E-state index in [0.29, 0.717) is 5.56 Å². The minimum Gasteiger partial charge on any atom is -0.398 e. The van der Waals surface area contributed by atoms with Crippen molar-refractivity contribution in [1.82, 2.24) is 5.01 Å². The van der Waals surface area contributed by atoms with E-state index in [4.69, 9.17) is 17.3 Å². The third-order valence-electron chi connectivity index (χ3n) is 3.37. The van der Waals surface area contributed by atoms with Gasteiger partial charge >= 0.3 is 6.18 Å². The van der Waals surface area contributed by atoms with Gasteiger partial charge in [0.1, 0.15) is 0 Å². The topological polar surface area (TPSA) is 98.4 Å². The van der Waals surface area contributed by atoms with Crippen LogP contribution in [-0.2, 0) is 0 Å². The number of nitrogen functional groups attached to an aromatic ring is 1. The lowest BCUT2D eigenvalue weighted by atomic mass is 10.0. The number of hydrogen-bond acceptors (Lipinski definition) is 4. The number of carbonyl (C=O) groups is 1. The molecule has 1 aromatic carbocycles. The van der Waals surface area contributed by atoms with E-state index in [0.717, 1.165) is 13.0 Å². The first-order valence-corrected chi connectivity index (χ1v) is 6.97. The third kappa shape index (κ3) is 4.62. The fraction of sp³-hybridized carbons (Fsp3) is 0.400. The highest BCUT2D eigenvalue weighted by molar-refractivity contribution is 5.94. The Balaban J connectivity index is 3.42. The highest BCUT2D eigenvalue weighted by Crippen LogP contribution is 2.32. The van der Waals surface area contributed by atoms with Crippen molar-refractivity contribution in [2.45, 2.75) is 33.0 Å². The van der Waals surface area contributed by atoms with Crippen molar-refractivity contribution in [3.8, 4) is 0 Å². The van der Waals surface area contributed by atoms with E-state index in [1.165, 1.54) is 23.2 Å². The molecule has 0 aliphatic carbocycles. The Kier molecular flexibility index (Phi) is 5.65. The Morgan fingerprint density at radius 1 is 1.26 bits per heavy atom. The molecule has 128 valence electrons. The number of amides is 1. The van der Waals surface area contributed by atoms with Gasteiger partial charge in [0.15, 0.2) is 0 Å². The lowest BCUT2D eigenvalue weighted by Crippen LogP contribution is -2.36. The summed E-state index contributed by atoms with van der Waals surface area (Å²) in [5.41, 5.74) is 11.8. The molecule has 0 aliphatic heterocycles. The molecule has 5 nitrogen and oxygen atoms in total. The van der Waals surface area contributed by atoms with E-state index in [9.17, 15) is 18.0 Å².